The lowest BCUT2D eigenvalue weighted by Crippen LogP contribution is -2.14. The number of nitrogens with one attached hydrogen (secondary N) is 1. The van der Waals surface area contributed by atoms with E-state index in [1.165, 1.54) is 31.2 Å². The Labute approximate surface area is 104 Å². The molecule has 0 spiro atoms. The molecule has 2 rings (SSSR count). The third-order valence-electron chi connectivity index (χ3n) is 3.53. The van der Waals surface area contributed by atoms with E-state index in [0.29, 0.717) is 6.61 Å². The van der Waals surface area contributed by atoms with Gasteiger partial charge in [0.25, 0.3) is 0 Å². The summed E-state index contributed by atoms with van der Waals surface area (Å²) in [6.45, 7) is 5.42. The molecule has 0 radical (unpaired) electrons. The Morgan fingerprint density at radius 1 is 1.47 bits per heavy atom. The average Bonchev–Trinajstić information content (AvgIpc) is 2.71. The molecule has 1 aliphatic carbocycles. The van der Waals surface area contributed by atoms with Crippen molar-refractivity contribution in [1.82, 2.24) is 5.32 Å². The molecule has 0 saturated heterocycles. The van der Waals surface area contributed by atoms with Crippen molar-refractivity contribution >= 4 is 0 Å². The molecule has 0 atom stereocenters. The maximum Gasteiger partial charge on any atom is 0.123 e. The first-order valence-electron chi connectivity index (χ1n) is 6.74. The molecule has 0 bridgehead atoms. The summed E-state index contributed by atoms with van der Waals surface area (Å²) in [4.78, 5) is 0. The Hall–Kier alpha value is -0.800. The molecule has 0 amide bonds. The molecule has 3 heteroatoms. The Balaban J connectivity index is 1.64. The van der Waals surface area contributed by atoms with Gasteiger partial charge in [-0.15, -0.1) is 0 Å². The first-order chi connectivity index (χ1) is 8.40. The van der Waals surface area contributed by atoms with Gasteiger partial charge in [-0.3, -0.25) is 0 Å². The summed E-state index contributed by atoms with van der Waals surface area (Å²) in [5, 5.41) is 3.27. The summed E-state index contributed by atoms with van der Waals surface area (Å²) >= 11 is 0. The number of ether oxygens (including phenoxy) is 1. The van der Waals surface area contributed by atoms with Gasteiger partial charge in [0, 0.05) is 12.2 Å². The van der Waals surface area contributed by atoms with Gasteiger partial charge in [0.05, 0.1) is 19.4 Å². The monoisotopic (exact) mass is 237 g/mol. The summed E-state index contributed by atoms with van der Waals surface area (Å²) in [7, 11) is 0. The van der Waals surface area contributed by atoms with Crippen LogP contribution in [-0.2, 0) is 17.9 Å². The second-order valence-corrected chi connectivity index (χ2v) is 4.79. The van der Waals surface area contributed by atoms with Gasteiger partial charge in [0.15, 0.2) is 0 Å². The van der Waals surface area contributed by atoms with Gasteiger partial charge >= 0.3 is 0 Å². The van der Waals surface area contributed by atoms with E-state index < -0.39 is 0 Å². The molecule has 1 fully saturated rings. The Kier molecular flexibility index (Phi) is 5.08. The van der Waals surface area contributed by atoms with E-state index in [1.54, 1.807) is 6.26 Å². The average molecular weight is 237 g/mol. The second-order valence-electron chi connectivity index (χ2n) is 4.79. The fraction of sp³-hybridized carbons (Fsp3) is 0.714. The van der Waals surface area contributed by atoms with Gasteiger partial charge in [-0.2, -0.15) is 0 Å². The molecule has 0 aliphatic heterocycles. The lowest BCUT2D eigenvalue weighted by atomic mass is 9.83. The van der Waals surface area contributed by atoms with Crippen LogP contribution in [0.25, 0.3) is 0 Å². The standard InChI is InChI=1S/C14H23NO2/c1-2-15-10-14-13(7-9-17-14)11-16-8-6-12-4-3-5-12/h7,9,12,15H,2-6,8,10-11H2,1H3. The fourth-order valence-electron chi connectivity index (χ4n) is 2.10. The molecule has 1 N–H and O–H groups in total. The zero-order valence-electron chi connectivity index (χ0n) is 10.7. The summed E-state index contributed by atoms with van der Waals surface area (Å²) in [5.74, 6) is 1.94. The minimum absolute atomic E-state index is 0.684. The first kappa shape index (κ1) is 12.7. The lowest BCUT2D eigenvalue weighted by Gasteiger charge is -2.24. The zero-order valence-corrected chi connectivity index (χ0v) is 10.7. The number of rotatable bonds is 8. The predicted octanol–water partition coefficient (Wildman–Crippen LogP) is 3.10. The van der Waals surface area contributed by atoms with Crippen LogP contribution in [0.2, 0.25) is 0 Å². The van der Waals surface area contributed by atoms with Crippen molar-refractivity contribution in [2.24, 2.45) is 5.92 Å². The molecule has 0 aromatic carbocycles. The van der Waals surface area contributed by atoms with Crippen molar-refractivity contribution in [3.8, 4) is 0 Å². The lowest BCUT2D eigenvalue weighted by molar-refractivity contribution is 0.0939. The van der Waals surface area contributed by atoms with E-state index in [-0.39, 0.29) is 0 Å². The highest BCUT2D eigenvalue weighted by molar-refractivity contribution is 5.15. The van der Waals surface area contributed by atoms with Crippen LogP contribution < -0.4 is 5.32 Å². The van der Waals surface area contributed by atoms with Crippen LogP contribution in [0.5, 0.6) is 0 Å². The van der Waals surface area contributed by atoms with Gasteiger partial charge in [0.2, 0.25) is 0 Å². The van der Waals surface area contributed by atoms with Crippen molar-refractivity contribution in [3.05, 3.63) is 23.7 Å². The topological polar surface area (TPSA) is 34.4 Å². The molecule has 0 unspecified atom stereocenters. The smallest absolute Gasteiger partial charge is 0.123 e. The van der Waals surface area contributed by atoms with Gasteiger partial charge in [0.1, 0.15) is 5.76 Å². The van der Waals surface area contributed by atoms with Crippen LogP contribution >= 0.6 is 0 Å². The van der Waals surface area contributed by atoms with Crippen molar-refractivity contribution < 1.29 is 9.15 Å². The maximum absolute atomic E-state index is 5.72. The van der Waals surface area contributed by atoms with Crippen molar-refractivity contribution in [2.45, 2.75) is 45.8 Å². The zero-order chi connectivity index (χ0) is 11.9. The molecule has 1 aromatic heterocycles. The van der Waals surface area contributed by atoms with Gasteiger partial charge < -0.3 is 14.5 Å². The maximum atomic E-state index is 5.72. The van der Waals surface area contributed by atoms with E-state index in [2.05, 4.69) is 12.2 Å². The van der Waals surface area contributed by atoms with Crippen molar-refractivity contribution in [3.63, 3.8) is 0 Å². The largest absolute Gasteiger partial charge is 0.468 e. The van der Waals surface area contributed by atoms with E-state index in [0.717, 1.165) is 31.4 Å². The molecule has 1 aromatic rings. The van der Waals surface area contributed by atoms with Crippen LogP contribution in [0.3, 0.4) is 0 Å². The molecular weight excluding hydrogens is 214 g/mol. The highest BCUT2D eigenvalue weighted by Gasteiger charge is 2.16. The third kappa shape index (κ3) is 3.86. The summed E-state index contributed by atoms with van der Waals surface area (Å²) in [5.41, 5.74) is 1.18. The summed E-state index contributed by atoms with van der Waals surface area (Å²) in [6, 6.07) is 2.01. The number of hydrogen-bond acceptors (Lipinski definition) is 3. The molecule has 96 valence electrons. The molecule has 17 heavy (non-hydrogen) atoms. The molecule has 1 heterocycles. The predicted molar refractivity (Wildman–Crippen MR) is 67.7 cm³/mol. The fourth-order valence-corrected chi connectivity index (χ4v) is 2.10. The van der Waals surface area contributed by atoms with Crippen molar-refractivity contribution in [1.29, 1.82) is 0 Å². The van der Waals surface area contributed by atoms with E-state index in [4.69, 9.17) is 9.15 Å². The summed E-state index contributed by atoms with van der Waals surface area (Å²) in [6.07, 6.45) is 7.19. The minimum Gasteiger partial charge on any atom is -0.468 e. The minimum atomic E-state index is 0.684. The van der Waals surface area contributed by atoms with Crippen LogP contribution in [-0.4, -0.2) is 13.2 Å². The SMILES string of the molecule is CCNCc1occc1COCCC1CCC1. The Bertz CT molecular complexity index is 318. The van der Waals surface area contributed by atoms with Crippen LogP contribution in [0.1, 0.15) is 43.9 Å². The number of hydrogen-bond donors (Lipinski definition) is 1. The highest BCUT2D eigenvalue weighted by atomic mass is 16.5. The first-order valence-corrected chi connectivity index (χ1v) is 6.74. The third-order valence-corrected chi connectivity index (χ3v) is 3.53. The Morgan fingerprint density at radius 3 is 3.06 bits per heavy atom. The van der Waals surface area contributed by atoms with Gasteiger partial charge in [-0.25, -0.2) is 0 Å². The quantitative estimate of drug-likeness (QED) is 0.705. The Morgan fingerprint density at radius 2 is 2.35 bits per heavy atom. The number of furan rings is 1. The van der Waals surface area contributed by atoms with Gasteiger partial charge in [-0.05, 0) is 24.9 Å². The van der Waals surface area contributed by atoms with E-state index in [9.17, 15) is 0 Å². The summed E-state index contributed by atoms with van der Waals surface area (Å²) < 4.78 is 11.2. The van der Waals surface area contributed by atoms with Gasteiger partial charge in [-0.1, -0.05) is 26.2 Å². The van der Waals surface area contributed by atoms with Crippen LogP contribution in [0.15, 0.2) is 16.7 Å². The second kappa shape index (κ2) is 6.82. The van der Waals surface area contributed by atoms with Crippen LogP contribution in [0, 0.1) is 5.92 Å². The molecule has 1 saturated carbocycles. The highest BCUT2D eigenvalue weighted by Crippen LogP contribution is 2.29. The van der Waals surface area contributed by atoms with Crippen LogP contribution in [0.4, 0.5) is 0 Å². The van der Waals surface area contributed by atoms with E-state index >= 15 is 0 Å². The van der Waals surface area contributed by atoms with Crippen molar-refractivity contribution in [2.75, 3.05) is 13.2 Å². The molecule has 3 nitrogen and oxygen atoms in total. The molecular formula is C14H23NO2. The normalized spacial score (nSPS) is 16.1. The molecule has 1 aliphatic rings. The van der Waals surface area contributed by atoms with E-state index in [1.807, 2.05) is 6.07 Å².